The number of nitrogens with zero attached hydrogens (tertiary/aromatic N) is 1. The molecule has 5 rings (SSSR count). The van der Waals surface area contributed by atoms with Crippen LogP contribution in [-0.2, 0) is 36.7 Å². The van der Waals surface area contributed by atoms with Crippen molar-refractivity contribution >= 4 is 30.1 Å². The average Bonchev–Trinajstić information content (AvgIpc) is 3.26. The number of hydrogen-bond acceptors (Lipinski definition) is 0. The van der Waals surface area contributed by atoms with Gasteiger partial charge >= 0.3 is 163 Å². The first-order valence-electron chi connectivity index (χ1n) is 8.24. The van der Waals surface area contributed by atoms with Crippen LogP contribution in [0.2, 0.25) is 0 Å². The molecule has 3 aromatic rings. The molecule has 2 aliphatic rings. The van der Waals surface area contributed by atoms with Crippen molar-refractivity contribution in [2.45, 2.75) is 12.8 Å². The maximum atomic E-state index is 3.75. The zero-order valence-electron chi connectivity index (χ0n) is 14.2. The van der Waals surface area contributed by atoms with E-state index in [4.69, 9.17) is 0 Å². The Bertz CT molecular complexity index is 1070. The number of allylic oxidation sites excluding steroid dienone is 4. The van der Waals surface area contributed by atoms with Crippen molar-refractivity contribution in [3.05, 3.63) is 73.6 Å². The van der Waals surface area contributed by atoms with Gasteiger partial charge in [-0.1, -0.05) is 0 Å². The molecule has 0 spiro atoms. The molecule has 0 N–H and O–H groups in total. The molecule has 5 heteroatoms. The fourth-order valence-corrected chi connectivity index (χ4v) is 8.27. The van der Waals surface area contributed by atoms with E-state index >= 15 is 0 Å². The van der Waals surface area contributed by atoms with Gasteiger partial charge < -0.3 is 24.8 Å². The van der Waals surface area contributed by atoms with Crippen LogP contribution in [-0.4, -0.2) is 4.57 Å². The summed E-state index contributed by atoms with van der Waals surface area (Å²) in [6.45, 7) is 0. The van der Waals surface area contributed by atoms with Crippen LogP contribution in [0.15, 0.2) is 62.4 Å². The van der Waals surface area contributed by atoms with Crippen molar-refractivity contribution in [3.8, 4) is 11.1 Å². The average molecular weight is 524 g/mol. The van der Waals surface area contributed by atoms with Gasteiger partial charge in [-0.2, -0.15) is 0 Å². The second-order valence-electron chi connectivity index (χ2n) is 6.51. The number of hydrogen-bond donors (Lipinski definition) is 0. The summed E-state index contributed by atoms with van der Waals surface area (Å²) in [5.41, 5.74) is 7.27. The van der Waals surface area contributed by atoms with Crippen LogP contribution in [0.4, 0.5) is 0 Å². The Hall–Kier alpha value is -0.597. The van der Waals surface area contributed by atoms with E-state index in [9.17, 15) is 0 Å². The van der Waals surface area contributed by atoms with E-state index in [0.29, 0.717) is 0 Å². The summed E-state index contributed by atoms with van der Waals surface area (Å²) in [5, 5.41) is 1.51. The minimum Gasteiger partial charge on any atom is -1.00 e. The molecule has 0 unspecified atom stereocenters. The van der Waals surface area contributed by atoms with Crippen molar-refractivity contribution in [2.24, 2.45) is 7.05 Å². The van der Waals surface area contributed by atoms with E-state index in [2.05, 4.69) is 82.2 Å². The first kappa shape index (κ1) is 20.1. The molecule has 0 aliphatic heterocycles. The largest absolute Gasteiger partial charge is 1.00 e. The molecular weight excluding hydrogens is 508 g/mol. The number of rotatable bonds is 2. The second kappa shape index (κ2) is 7.80. The van der Waals surface area contributed by atoms with Crippen LogP contribution in [0, 0.1) is 0 Å². The first-order chi connectivity index (χ1) is 11.7. The van der Waals surface area contributed by atoms with Crippen LogP contribution < -0.4 is 28.1 Å². The minimum atomic E-state index is -0.755. The maximum Gasteiger partial charge on any atom is -1.00 e. The maximum absolute atomic E-state index is 3.75. The molecule has 26 heavy (non-hydrogen) atoms. The third kappa shape index (κ3) is 3.12. The zero-order valence-corrected chi connectivity index (χ0v) is 19.7. The van der Waals surface area contributed by atoms with Gasteiger partial charge in [0.1, 0.15) is 0 Å². The molecule has 0 radical (unpaired) electrons. The summed E-state index contributed by atoms with van der Waals surface area (Å²) in [4.78, 5) is 0. The van der Waals surface area contributed by atoms with Gasteiger partial charge in [0.2, 0.25) is 0 Å². The van der Waals surface area contributed by atoms with Crippen molar-refractivity contribution < 1.29 is 48.0 Å². The smallest absolute Gasteiger partial charge is 1.00 e. The van der Waals surface area contributed by atoms with Gasteiger partial charge in [0.15, 0.2) is 0 Å². The van der Waals surface area contributed by atoms with E-state index < -0.39 is 23.2 Å². The van der Waals surface area contributed by atoms with Crippen molar-refractivity contribution in [2.75, 3.05) is 0 Å². The van der Waals surface area contributed by atoms with Gasteiger partial charge in [-0.05, 0) is 0 Å². The SMILES string of the molecule is Cn1c2c(c3[c]([Zr+2][C]4=CC=CC4)cc(Br)cc31)-c1ccccc1C2.[Cl-].[Cl-]. The van der Waals surface area contributed by atoms with Gasteiger partial charge in [0.05, 0.1) is 0 Å². The number of aryl methyl sites for hydroxylation is 1. The first-order valence-corrected chi connectivity index (χ1v) is 11.5. The van der Waals surface area contributed by atoms with Crippen LogP contribution in [0.1, 0.15) is 17.7 Å². The number of aromatic nitrogens is 1. The van der Waals surface area contributed by atoms with Crippen LogP contribution in [0.3, 0.4) is 0 Å². The number of fused-ring (bicyclic) bond motifs is 5. The van der Waals surface area contributed by atoms with E-state index in [0.717, 1.165) is 12.8 Å². The summed E-state index contributed by atoms with van der Waals surface area (Å²) >= 11 is 3.00. The van der Waals surface area contributed by atoms with E-state index in [1.165, 1.54) is 37.8 Å². The summed E-state index contributed by atoms with van der Waals surface area (Å²) in [5.74, 6) is 0. The molecule has 1 aromatic heterocycles. The Kier molecular flexibility index (Phi) is 6.04. The molecule has 0 atom stereocenters. The molecule has 130 valence electrons. The fourth-order valence-electron chi connectivity index (χ4n) is 3.98. The Morgan fingerprint density at radius 2 is 1.92 bits per heavy atom. The molecule has 0 amide bonds. The Balaban J connectivity index is 0.000000980. The topological polar surface area (TPSA) is 4.93 Å². The molecule has 0 saturated heterocycles. The molecule has 0 bridgehead atoms. The third-order valence-electron chi connectivity index (χ3n) is 5.10. The quantitative estimate of drug-likeness (QED) is 0.320. The molecule has 2 aromatic carbocycles. The minimum absolute atomic E-state index is 0. The summed E-state index contributed by atoms with van der Waals surface area (Å²) in [6, 6.07) is 13.6. The Labute approximate surface area is 186 Å². The predicted octanol–water partition coefficient (Wildman–Crippen LogP) is -0.928. The third-order valence-corrected chi connectivity index (χ3v) is 8.89. The second-order valence-corrected chi connectivity index (χ2v) is 10.9. The summed E-state index contributed by atoms with van der Waals surface area (Å²) < 4.78 is 6.90. The molecule has 1 nitrogen and oxygen atoms in total. The van der Waals surface area contributed by atoms with Gasteiger partial charge in [-0.3, -0.25) is 0 Å². The standard InChI is InChI=1S/C16H11BrN.C5H5.2ClH.Zr/c1-18-14-9-11(17)6-7-13(14)16-12-5-3-2-4-10(12)8-15(16)18;1-2-4-5-3-1;;;/h2-6,9H,8H2,1H3;1-3H,4H2;2*1H;/q;;;;+2/p-2. The van der Waals surface area contributed by atoms with Gasteiger partial charge in [-0.25, -0.2) is 0 Å². The molecular formula is C21H16BrCl2NZr. The van der Waals surface area contributed by atoms with E-state index in [-0.39, 0.29) is 24.8 Å². The predicted molar refractivity (Wildman–Crippen MR) is 100 cm³/mol. The fraction of sp³-hybridized carbons (Fsp3) is 0.143. The van der Waals surface area contributed by atoms with Gasteiger partial charge in [0.25, 0.3) is 0 Å². The van der Waals surface area contributed by atoms with Crippen LogP contribution >= 0.6 is 15.9 Å². The summed E-state index contributed by atoms with van der Waals surface area (Å²) in [7, 11) is 2.23. The van der Waals surface area contributed by atoms with Gasteiger partial charge in [-0.15, -0.1) is 0 Å². The monoisotopic (exact) mass is 521 g/mol. The molecule has 0 saturated carbocycles. The Morgan fingerprint density at radius 3 is 2.69 bits per heavy atom. The molecule has 0 fully saturated rings. The Morgan fingerprint density at radius 1 is 1.12 bits per heavy atom. The van der Waals surface area contributed by atoms with Crippen LogP contribution in [0.5, 0.6) is 0 Å². The van der Waals surface area contributed by atoms with E-state index in [1.54, 1.807) is 6.55 Å². The van der Waals surface area contributed by atoms with Crippen molar-refractivity contribution in [1.82, 2.24) is 4.57 Å². The normalized spacial score (nSPS) is 13.5. The number of benzene rings is 2. The van der Waals surface area contributed by atoms with E-state index in [1.807, 2.05) is 0 Å². The number of halogens is 3. The zero-order chi connectivity index (χ0) is 16.3. The van der Waals surface area contributed by atoms with Crippen molar-refractivity contribution in [1.29, 1.82) is 0 Å². The van der Waals surface area contributed by atoms with Gasteiger partial charge in [0, 0.05) is 0 Å². The molecule has 2 aliphatic carbocycles. The summed E-state index contributed by atoms with van der Waals surface area (Å²) in [6.07, 6.45) is 9.07. The van der Waals surface area contributed by atoms with Crippen LogP contribution in [0.25, 0.3) is 22.0 Å². The molecule has 1 heterocycles. The van der Waals surface area contributed by atoms with Crippen molar-refractivity contribution in [3.63, 3.8) is 0 Å².